The summed E-state index contributed by atoms with van der Waals surface area (Å²) in [4.78, 5) is 12.2. The molecule has 2 amide bonds. The SMILES string of the molecule is O=C(Nc1ccccc1F)Nc1n[nH]c2ccc(OCc3c(F)ccc(F)c3F)cc12. The third-order valence-electron chi connectivity index (χ3n) is 4.41. The number of para-hydroxylation sites is 1. The van der Waals surface area contributed by atoms with Crippen molar-refractivity contribution in [1.82, 2.24) is 10.2 Å². The molecular weight excluding hydrogens is 416 g/mol. The van der Waals surface area contributed by atoms with Gasteiger partial charge in [-0.3, -0.25) is 10.4 Å². The van der Waals surface area contributed by atoms with Gasteiger partial charge in [0.1, 0.15) is 24.0 Å². The summed E-state index contributed by atoms with van der Waals surface area (Å²) in [7, 11) is 0. The van der Waals surface area contributed by atoms with Gasteiger partial charge < -0.3 is 10.1 Å². The van der Waals surface area contributed by atoms with Crippen molar-refractivity contribution in [2.75, 3.05) is 10.6 Å². The summed E-state index contributed by atoms with van der Waals surface area (Å²) >= 11 is 0. The van der Waals surface area contributed by atoms with Gasteiger partial charge >= 0.3 is 6.03 Å². The first-order valence-corrected chi connectivity index (χ1v) is 8.98. The number of benzene rings is 3. The van der Waals surface area contributed by atoms with E-state index in [-0.39, 0.29) is 17.3 Å². The van der Waals surface area contributed by atoms with Crippen LogP contribution in [0.5, 0.6) is 5.75 Å². The third-order valence-corrected chi connectivity index (χ3v) is 4.41. The van der Waals surface area contributed by atoms with Crippen LogP contribution in [-0.4, -0.2) is 16.2 Å². The number of fused-ring (bicyclic) bond motifs is 1. The molecule has 0 spiro atoms. The lowest BCUT2D eigenvalue weighted by molar-refractivity contribution is 0.262. The van der Waals surface area contributed by atoms with Crippen molar-refractivity contribution in [2.24, 2.45) is 0 Å². The lowest BCUT2D eigenvalue weighted by Gasteiger charge is -2.09. The molecule has 4 aromatic rings. The van der Waals surface area contributed by atoms with E-state index < -0.39 is 41.5 Å². The molecule has 0 aliphatic rings. The second-order valence-corrected chi connectivity index (χ2v) is 6.45. The van der Waals surface area contributed by atoms with E-state index in [1.54, 1.807) is 12.1 Å². The van der Waals surface area contributed by atoms with Crippen LogP contribution in [0.4, 0.5) is 33.9 Å². The van der Waals surface area contributed by atoms with E-state index in [2.05, 4.69) is 20.8 Å². The Bertz CT molecular complexity index is 1280. The molecule has 4 rings (SSSR count). The molecule has 31 heavy (non-hydrogen) atoms. The Morgan fingerprint density at radius 3 is 2.52 bits per heavy atom. The number of amides is 2. The summed E-state index contributed by atoms with van der Waals surface area (Å²) in [6.45, 7) is -0.546. The van der Waals surface area contributed by atoms with Gasteiger partial charge in [-0.2, -0.15) is 5.10 Å². The number of aromatic amines is 1. The maximum Gasteiger partial charge on any atom is 0.324 e. The van der Waals surface area contributed by atoms with Crippen LogP contribution in [0, 0.1) is 23.3 Å². The number of halogens is 4. The maximum atomic E-state index is 13.8. The molecule has 0 aliphatic carbocycles. The number of H-pyrrole nitrogens is 1. The largest absolute Gasteiger partial charge is 0.489 e. The summed E-state index contributed by atoms with van der Waals surface area (Å²) in [6.07, 6.45) is 0. The molecule has 3 N–H and O–H groups in total. The highest BCUT2D eigenvalue weighted by atomic mass is 19.2. The summed E-state index contributed by atoms with van der Waals surface area (Å²) in [5.74, 6) is -3.71. The van der Waals surface area contributed by atoms with Crippen LogP contribution < -0.4 is 15.4 Å². The number of anilines is 2. The number of ether oxygens (including phenoxy) is 1. The van der Waals surface area contributed by atoms with Crippen molar-refractivity contribution in [1.29, 1.82) is 0 Å². The number of aromatic nitrogens is 2. The van der Waals surface area contributed by atoms with Gasteiger partial charge in [0.25, 0.3) is 0 Å². The quantitative estimate of drug-likeness (QED) is 0.295. The highest BCUT2D eigenvalue weighted by Gasteiger charge is 2.16. The second kappa shape index (κ2) is 8.34. The molecule has 0 saturated heterocycles. The highest BCUT2D eigenvalue weighted by Crippen LogP contribution is 2.27. The molecule has 6 nitrogen and oxygen atoms in total. The zero-order valence-electron chi connectivity index (χ0n) is 15.7. The molecule has 0 aliphatic heterocycles. The monoisotopic (exact) mass is 430 g/mol. The van der Waals surface area contributed by atoms with Gasteiger partial charge in [-0.15, -0.1) is 0 Å². The zero-order valence-corrected chi connectivity index (χ0v) is 15.7. The first-order valence-electron chi connectivity index (χ1n) is 8.98. The van der Waals surface area contributed by atoms with Crippen molar-refractivity contribution >= 4 is 28.4 Å². The van der Waals surface area contributed by atoms with E-state index in [9.17, 15) is 22.4 Å². The van der Waals surface area contributed by atoms with Crippen molar-refractivity contribution in [3.8, 4) is 5.75 Å². The Hall–Kier alpha value is -4.08. The average molecular weight is 430 g/mol. The lowest BCUT2D eigenvalue weighted by Crippen LogP contribution is -2.20. The minimum absolute atomic E-state index is 0.0111. The fraction of sp³-hybridized carbons (Fsp3) is 0.0476. The van der Waals surface area contributed by atoms with Gasteiger partial charge in [0.15, 0.2) is 17.5 Å². The number of nitrogens with one attached hydrogen (secondary N) is 3. The predicted octanol–water partition coefficient (Wildman–Crippen LogP) is 5.34. The van der Waals surface area contributed by atoms with E-state index >= 15 is 0 Å². The van der Waals surface area contributed by atoms with Crippen molar-refractivity contribution in [2.45, 2.75) is 6.61 Å². The Morgan fingerprint density at radius 1 is 0.935 bits per heavy atom. The molecule has 0 saturated carbocycles. The van der Waals surface area contributed by atoms with Gasteiger partial charge in [0.05, 0.1) is 16.8 Å². The van der Waals surface area contributed by atoms with E-state index in [1.807, 2.05) is 0 Å². The maximum absolute atomic E-state index is 13.8. The Labute approximate surface area is 172 Å². The van der Waals surface area contributed by atoms with Crippen LogP contribution in [-0.2, 0) is 6.61 Å². The third kappa shape index (κ3) is 4.27. The van der Waals surface area contributed by atoms with E-state index in [0.717, 1.165) is 6.07 Å². The molecule has 0 fully saturated rings. The fourth-order valence-electron chi connectivity index (χ4n) is 2.86. The van der Waals surface area contributed by atoms with Crippen LogP contribution in [0.2, 0.25) is 0 Å². The number of carbonyl (C=O) groups excluding carboxylic acids is 1. The van der Waals surface area contributed by atoms with Crippen molar-refractivity contribution in [3.63, 3.8) is 0 Å². The van der Waals surface area contributed by atoms with E-state index in [0.29, 0.717) is 17.0 Å². The first-order chi connectivity index (χ1) is 14.9. The Kier molecular flexibility index (Phi) is 5.44. The molecule has 158 valence electrons. The number of urea groups is 1. The Morgan fingerprint density at radius 2 is 1.71 bits per heavy atom. The number of rotatable bonds is 5. The molecule has 10 heteroatoms. The summed E-state index contributed by atoms with van der Waals surface area (Å²) < 4.78 is 60.0. The van der Waals surface area contributed by atoms with Gasteiger partial charge in [0, 0.05) is 5.39 Å². The van der Waals surface area contributed by atoms with Crippen LogP contribution in [0.1, 0.15) is 5.56 Å². The van der Waals surface area contributed by atoms with E-state index in [4.69, 9.17) is 4.74 Å². The van der Waals surface area contributed by atoms with Gasteiger partial charge in [-0.25, -0.2) is 22.4 Å². The van der Waals surface area contributed by atoms with Crippen LogP contribution in [0.15, 0.2) is 54.6 Å². The number of hydrogen-bond acceptors (Lipinski definition) is 3. The topological polar surface area (TPSA) is 79.0 Å². The predicted molar refractivity (Wildman–Crippen MR) is 106 cm³/mol. The molecular formula is C21H14F4N4O2. The van der Waals surface area contributed by atoms with Gasteiger partial charge in [-0.05, 0) is 42.5 Å². The molecule has 0 atom stereocenters. The fourth-order valence-corrected chi connectivity index (χ4v) is 2.86. The summed E-state index contributed by atoms with van der Waals surface area (Å²) in [5.41, 5.74) is -0.0189. The normalized spacial score (nSPS) is 10.8. The minimum Gasteiger partial charge on any atom is -0.489 e. The minimum atomic E-state index is -1.32. The lowest BCUT2D eigenvalue weighted by atomic mass is 10.2. The van der Waals surface area contributed by atoms with Crippen molar-refractivity contribution < 1.29 is 27.1 Å². The number of hydrogen-bond donors (Lipinski definition) is 3. The summed E-state index contributed by atoms with van der Waals surface area (Å²) in [6, 6.07) is 11.0. The number of carbonyl (C=O) groups is 1. The van der Waals surface area contributed by atoms with Gasteiger partial charge in [0.2, 0.25) is 0 Å². The van der Waals surface area contributed by atoms with Crippen LogP contribution >= 0.6 is 0 Å². The zero-order chi connectivity index (χ0) is 22.0. The molecule has 3 aromatic carbocycles. The van der Waals surface area contributed by atoms with Gasteiger partial charge in [-0.1, -0.05) is 12.1 Å². The Balaban J connectivity index is 1.51. The smallest absolute Gasteiger partial charge is 0.324 e. The van der Waals surface area contributed by atoms with Crippen molar-refractivity contribution in [3.05, 3.63) is 83.4 Å². The van der Waals surface area contributed by atoms with E-state index in [1.165, 1.54) is 30.3 Å². The summed E-state index contributed by atoms with van der Waals surface area (Å²) in [5, 5.41) is 12.0. The molecule has 0 bridgehead atoms. The first kappa shape index (κ1) is 20.2. The molecule has 1 aromatic heterocycles. The number of nitrogens with zero attached hydrogens (tertiary/aromatic N) is 1. The van der Waals surface area contributed by atoms with Crippen LogP contribution in [0.3, 0.4) is 0 Å². The average Bonchev–Trinajstić information content (AvgIpc) is 3.14. The second-order valence-electron chi connectivity index (χ2n) is 6.45. The molecule has 0 unspecified atom stereocenters. The van der Waals surface area contributed by atoms with Crippen LogP contribution in [0.25, 0.3) is 10.9 Å². The standard InChI is InChI=1S/C21H14F4N4O2/c22-14-6-7-16(24)19(25)13(14)10-31-11-5-8-17-12(9-11)20(29-28-17)27-21(30)26-18-4-2-1-3-15(18)23/h1-9H,10H2,(H3,26,27,28,29,30). The molecule has 1 heterocycles. The highest BCUT2D eigenvalue weighted by molar-refractivity contribution is 6.04. The molecule has 0 radical (unpaired) electrons.